The maximum Gasteiger partial charge on any atom is 0.307 e. The van der Waals surface area contributed by atoms with E-state index in [4.69, 9.17) is 5.11 Å². The molecule has 1 aliphatic rings. The summed E-state index contributed by atoms with van der Waals surface area (Å²) in [6.45, 7) is 2.73. The van der Waals surface area contributed by atoms with Gasteiger partial charge in [-0.05, 0) is 26.7 Å². The molecule has 1 N–H and O–H groups in total. The molecule has 0 bridgehead atoms. The molecule has 1 aromatic rings. The lowest BCUT2D eigenvalue weighted by atomic mass is 9.96. The van der Waals surface area contributed by atoms with Crippen LogP contribution in [0.3, 0.4) is 0 Å². The first-order valence-electron chi connectivity index (χ1n) is 7.13. The van der Waals surface area contributed by atoms with Crippen molar-refractivity contribution >= 4 is 16.0 Å². The van der Waals surface area contributed by atoms with Crippen molar-refractivity contribution in [3.8, 4) is 0 Å². The van der Waals surface area contributed by atoms with Crippen molar-refractivity contribution in [1.82, 2.24) is 14.1 Å². The average molecular weight is 351 g/mol. The van der Waals surface area contributed by atoms with Gasteiger partial charge in [0.2, 0.25) is 0 Å². The molecule has 1 fully saturated rings. The van der Waals surface area contributed by atoms with Crippen molar-refractivity contribution in [3.05, 3.63) is 11.3 Å². The van der Waals surface area contributed by atoms with E-state index < -0.39 is 45.0 Å². The zero-order valence-corrected chi connectivity index (χ0v) is 13.8. The van der Waals surface area contributed by atoms with Crippen LogP contribution in [0, 0.1) is 12.8 Å². The number of carboxylic acid groups (broad SMARTS) is 1. The summed E-state index contributed by atoms with van der Waals surface area (Å²) in [5.74, 6) is -1.93. The summed E-state index contributed by atoms with van der Waals surface area (Å²) < 4.78 is 54.2. The molecule has 2 rings (SSSR count). The van der Waals surface area contributed by atoms with Crippen LogP contribution in [-0.4, -0.2) is 46.2 Å². The van der Waals surface area contributed by atoms with Crippen LogP contribution in [0.15, 0.2) is 5.03 Å². The number of aromatic nitrogens is 2. The molecule has 0 radical (unpaired) electrons. The third-order valence-electron chi connectivity index (χ3n) is 4.16. The standard InChI is InChI=1S/C13H19F2N3O4S/c1-7-4-5-9(13(19)20)6-18(7)23(21,22)12-10(11(14)15)8(2)16-17(12)3/h7,9,11H,4-6H2,1-3H3,(H,19,20). The maximum absolute atomic E-state index is 13.3. The molecular weight excluding hydrogens is 332 g/mol. The minimum Gasteiger partial charge on any atom is -0.481 e. The third kappa shape index (κ3) is 3.09. The zero-order valence-electron chi connectivity index (χ0n) is 13.0. The van der Waals surface area contributed by atoms with Gasteiger partial charge in [0, 0.05) is 19.6 Å². The summed E-state index contributed by atoms with van der Waals surface area (Å²) in [6.07, 6.45) is -2.27. The quantitative estimate of drug-likeness (QED) is 0.888. The van der Waals surface area contributed by atoms with Gasteiger partial charge in [0.15, 0.2) is 5.03 Å². The molecule has 2 unspecified atom stereocenters. The van der Waals surface area contributed by atoms with E-state index in [9.17, 15) is 22.0 Å². The van der Waals surface area contributed by atoms with Gasteiger partial charge < -0.3 is 5.11 Å². The van der Waals surface area contributed by atoms with Gasteiger partial charge in [0.25, 0.3) is 16.4 Å². The van der Waals surface area contributed by atoms with Crippen LogP contribution in [0.5, 0.6) is 0 Å². The van der Waals surface area contributed by atoms with E-state index in [1.54, 1.807) is 6.92 Å². The average Bonchev–Trinajstić information content (AvgIpc) is 2.74. The molecule has 130 valence electrons. The number of aliphatic carboxylic acids is 1. The predicted octanol–water partition coefficient (Wildman–Crippen LogP) is 1.54. The van der Waals surface area contributed by atoms with E-state index in [-0.39, 0.29) is 12.2 Å². The molecule has 0 spiro atoms. The number of carboxylic acids is 1. The SMILES string of the molecule is Cc1nn(C)c(S(=O)(=O)N2CC(C(=O)O)CCC2C)c1C(F)F. The van der Waals surface area contributed by atoms with Crippen molar-refractivity contribution < 1.29 is 27.1 Å². The Morgan fingerprint density at radius 2 is 2.00 bits per heavy atom. The molecule has 2 atom stereocenters. The summed E-state index contributed by atoms with van der Waals surface area (Å²) in [7, 11) is -2.99. The number of sulfonamides is 1. The van der Waals surface area contributed by atoms with E-state index in [0.29, 0.717) is 12.8 Å². The third-order valence-corrected chi connectivity index (χ3v) is 6.26. The number of alkyl halides is 2. The Labute approximate surface area is 132 Å². The summed E-state index contributed by atoms with van der Waals surface area (Å²) in [5, 5.41) is 12.3. The van der Waals surface area contributed by atoms with Crippen LogP contribution in [0.4, 0.5) is 8.78 Å². The smallest absolute Gasteiger partial charge is 0.307 e. The van der Waals surface area contributed by atoms with Gasteiger partial charge in [-0.25, -0.2) is 17.2 Å². The van der Waals surface area contributed by atoms with Gasteiger partial charge in [-0.1, -0.05) is 0 Å². The summed E-state index contributed by atoms with van der Waals surface area (Å²) in [5.41, 5.74) is -0.683. The van der Waals surface area contributed by atoms with Crippen LogP contribution in [-0.2, 0) is 21.9 Å². The Kier molecular flexibility index (Phi) is 4.76. The van der Waals surface area contributed by atoms with E-state index in [0.717, 1.165) is 8.99 Å². The molecule has 1 saturated heterocycles. The lowest BCUT2D eigenvalue weighted by Gasteiger charge is -2.35. The Balaban J connectivity index is 2.51. The molecule has 1 aliphatic heterocycles. The van der Waals surface area contributed by atoms with Gasteiger partial charge >= 0.3 is 5.97 Å². The number of hydrogen-bond acceptors (Lipinski definition) is 4. The summed E-state index contributed by atoms with van der Waals surface area (Å²) in [4.78, 5) is 11.2. The highest BCUT2D eigenvalue weighted by Crippen LogP contribution is 2.34. The monoisotopic (exact) mass is 351 g/mol. The number of rotatable bonds is 4. The van der Waals surface area contributed by atoms with Gasteiger partial charge in [-0.3, -0.25) is 9.48 Å². The highest BCUT2D eigenvalue weighted by molar-refractivity contribution is 7.89. The fraction of sp³-hybridized carbons (Fsp3) is 0.692. The fourth-order valence-electron chi connectivity index (χ4n) is 2.93. The maximum atomic E-state index is 13.3. The highest BCUT2D eigenvalue weighted by atomic mass is 32.2. The van der Waals surface area contributed by atoms with Crippen LogP contribution >= 0.6 is 0 Å². The fourth-order valence-corrected chi connectivity index (χ4v) is 5.00. The first kappa shape index (κ1) is 17.8. The minimum atomic E-state index is -4.27. The van der Waals surface area contributed by atoms with Crippen LogP contribution in [0.25, 0.3) is 0 Å². The van der Waals surface area contributed by atoms with Crippen LogP contribution in [0.2, 0.25) is 0 Å². The van der Waals surface area contributed by atoms with Crippen molar-refractivity contribution in [2.24, 2.45) is 13.0 Å². The summed E-state index contributed by atoms with van der Waals surface area (Å²) in [6, 6.07) is -0.462. The predicted molar refractivity (Wildman–Crippen MR) is 76.6 cm³/mol. The second-order valence-electron chi connectivity index (χ2n) is 5.76. The van der Waals surface area contributed by atoms with Crippen molar-refractivity contribution in [2.75, 3.05) is 6.54 Å². The topological polar surface area (TPSA) is 92.5 Å². The second kappa shape index (κ2) is 6.16. The van der Waals surface area contributed by atoms with Gasteiger partial charge in [0.1, 0.15) is 0 Å². The minimum absolute atomic E-state index is 0.0551. The highest BCUT2D eigenvalue weighted by Gasteiger charge is 2.41. The van der Waals surface area contributed by atoms with Crippen molar-refractivity contribution in [2.45, 2.75) is 44.2 Å². The summed E-state index contributed by atoms with van der Waals surface area (Å²) >= 11 is 0. The lowest BCUT2D eigenvalue weighted by molar-refractivity contribution is -0.143. The second-order valence-corrected chi connectivity index (χ2v) is 7.57. The van der Waals surface area contributed by atoms with Gasteiger partial charge in [0.05, 0.1) is 17.2 Å². The first-order chi connectivity index (χ1) is 10.6. The Morgan fingerprint density at radius 1 is 1.39 bits per heavy atom. The van der Waals surface area contributed by atoms with Crippen molar-refractivity contribution in [1.29, 1.82) is 0 Å². The number of piperidine rings is 1. The van der Waals surface area contributed by atoms with Crippen molar-refractivity contribution in [3.63, 3.8) is 0 Å². The van der Waals surface area contributed by atoms with E-state index in [1.165, 1.54) is 14.0 Å². The Hall–Kier alpha value is -1.55. The Bertz CT molecular complexity index is 717. The largest absolute Gasteiger partial charge is 0.481 e. The molecule has 0 saturated carbocycles. The zero-order chi connectivity index (χ0) is 17.5. The number of aryl methyl sites for hydroxylation is 2. The first-order valence-corrected chi connectivity index (χ1v) is 8.57. The van der Waals surface area contributed by atoms with E-state index in [1.807, 2.05) is 0 Å². The molecule has 23 heavy (non-hydrogen) atoms. The van der Waals surface area contributed by atoms with E-state index in [2.05, 4.69) is 5.10 Å². The number of carbonyl (C=O) groups is 1. The lowest BCUT2D eigenvalue weighted by Crippen LogP contribution is -2.47. The normalized spacial score (nSPS) is 23.4. The molecule has 10 heteroatoms. The van der Waals surface area contributed by atoms with E-state index >= 15 is 0 Å². The number of halogens is 2. The molecule has 1 aromatic heterocycles. The van der Waals surface area contributed by atoms with Crippen LogP contribution < -0.4 is 0 Å². The molecule has 0 amide bonds. The molecule has 2 heterocycles. The molecule has 0 aliphatic carbocycles. The Morgan fingerprint density at radius 3 is 2.52 bits per heavy atom. The van der Waals surface area contributed by atoms with Crippen LogP contribution in [0.1, 0.15) is 37.4 Å². The number of nitrogens with zero attached hydrogens (tertiary/aromatic N) is 3. The van der Waals surface area contributed by atoms with Gasteiger partial charge in [-0.15, -0.1) is 0 Å². The molecule has 7 nitrogen and oxygen atoms in total. The molecular formula is C13H19F2N3O4S. The number of hydrogen-bond donors (Lipinski definition) is 1. The van der Waals surface area contributed by atoms with Gasteiger partial charge in [-0.2, -0.15) is 9.40 Å². The molecule has 0 aromatic carbocycles.